The molecular formula is C23H31N3O3. The Morgan fingerprint density at radius 2 is 1.66 bits per heavy atom. The Bertz CT molecular complexity index is 844. The minimum atomic E-state index is 0.167. The lowest BCUT2D eigenvalue weighted by atomic mass is 9.56. The smallest absolute Gasteiger partial charge is 0.150 e. The molecule has 2 unspecified atom stereocenters. The summed E-state index contributed by atoms with van der Waals surface area (Å²) in [5, 5.41) is 4.30. The highest BCUT2D eigenvalue weighted by Gasteiger charge is 2.50. The fourth-order valence-electron chi connectivity index (χ4n) is 4.53. The van der Waals surface area contributed by atoms with Crippen molar-refractivity contribution in [2.24, 2.45) is 11.3 Å². The summed E-state index contributed by atoms with van der Waals surface area (Å²) in [5.41, 5.74) is 1.22. The Balaban J connectivity index is 1.43. The topological polar surface area (TPSA) is 58.8 Å². The molecule has 0 saturated heterocycles. The highest BCUT2D eigenvalue weighted by Crippen LogP contribution is 2.51. The average molecular weight is 398 g/mol. The minimum Gasteiger partial charge on any atom is -0.468 e. The molecule has 6 heteroatoms. The van der Waals surface area contributed by atoms with E-state index in [1.807, 2.05) is 38.4 Å². The van der Waals surface area contributed by atoms with Gasteiger partial charge in [0.15, 0.2) is 5.76 Å². The van der Waals surface area contributed by atoms with Gasteiger partial charge in [0, 0.05) is 12.1 Å². The van der Waals surface area contributed by atoms with E-state index in [2.05, 4.69) is 34.9 Å². The molecule has 0 bridgehead atoms. The Hall–Kier alpha value is -2.31. The van der Waals surface area contributed by atoms with Crippen LogP contribution in [0.25, 0.3) is 0 Å². The maximum absolute atomic E-state index is 5.63. The van der Waals surface area contributed by atoms with Crippen molar-refractivity contribution in [3.63, 3.8) is 0 Å². The maximum Gasteiger partial charge on any atom is 0.150 e. The third-order valence-electron chi connectivity index (χ3n) is 6.27. The van der Waals surface area contributed by atoms with E-state index in [0.717, 1.165) is 55.5 Å². The minimum absolute atomic E-state index is 0.167. The van der Waals surface area contributed by atoms with Gasteiger partial charge in [0.05, 0.1) is 37.9 Å². The second-order valence-electron chi connectivity index (χ2n) is 9.06. The SMILES string of the molecule is CN(C)Cc1cc(CC2CC(N(Cc3ccco3)Cc3ccco3)C2(C)C)no1. The van der Waals surface area contributed by atoms with E-state index in [0.29, 0.717) is 12.0 Å². The molecule has 2 atom stereocenters. The molecule has 0 spiro atoms. The summed E-state index contributed by atoms with van der Waals surface area (Å²) in [5.74, 6) is 3.47. The molecule has 3 heterocycles. The normalized spacial score (nSPS) is 21.0. The molecule has 0 amide bonds. The third kappa shape index (κ3) is 4.49. The first-order valence-corrected chi connectivity index (χ1v) is 10.3. The van der Waals surface area contributed by atoms with Crippen molar-refractivity contribution in [2.75, 3.05) is 14.1 Å². The van der Waals surface area contributed by atoms with E-state index >= 15 is 0 Å². The summed E-state index contributed by atoms with van der Waals surface area (Å²) in [6.45, 7) is 7.08. The monoisotopic (exact) mass is 397 g/mol. The third-order valence-corrected chi connectivity index (χ3v) is 6.27. The molecule has 3 aromatic rings. The van der Waals surface area contributed by atoms with Crippen LogP contribution in [0.2, 0.25) is 0 Å². The first-order chi connectivity index (χ1) is 13.9. The number of hydrogen-bond acceptors (Lipinski definition) is 6. The van der Waals surface area contributed by atoms with Crippen molar-refractivity contribution < 1.29 is 13.4 Å². The van der Waals surface area contributed by atoms with Crippen LogP contribution >= 0.6 is 0 Å². The molecule has 0 aromatic carbocycles. The second-order valence-corrected chi connectivity index (χ2v) is 9.06. The maximum atomic E-state index is 5.63. The summed E-state index contributed by atoms with van der Waals surface area (Å²) >= 11 is 0. The van der Waals surface area contributed by atoms with Gasteiger partial charge in [-0.1, -0.05) is 19.0 Å². The van der Waals surface area contributed by atoms with Crippen LogP contribution in [-0.2, 0) is 26.1 Å². The number of hydrogen-bond donors (Lipinski definition) is 0. The second kappa shape index (κ2) is 8.20. The predicted octanol–water partition coefficient (Wildman–Crippen LogP) is 4.58. The van der Waals surface area contributed by atoms with Gasteiger partial charge in [-0.3, -0.25) is 4.90 Å². The van der Waals surface area contributed by atoms with Gasteiger partial charge >= 0.3 is 0 Å². The van der Waals surface area contributed by atoms with Gasteiger partial charge in [-0.25, -0.2) is 0 Å². The van der Waals surface area contributed by atoms with Gasteiger partial charge in [-0.15, -0.1) is 0 Å². The molecule has 156 valence electrons. The zero-order valence-corrected chi connectivity index (χ0v) is 17.8. The zero-order valence-electron chi connectivity index (χ0n) is 17.8. The van der Waals surface area contributed by atoms with E-state index < -0.39 is 0 Å². The van der Waals surface area contributed by atoms with Crippen molar-refractivity contribution in [1.82, 2.24) is 15.0 Å². The molecule has 29 heavy (non-hydrogen) atoms. The lowest BCUT2D eigenvalue weighted by molar-refractivity contribution is -0.0751. The fourth-order valence-corrected chi connectivity index (χ4v) is 4.53. The van der Waals surface area contributed by atoms with E-state index in [4.69, 9.17) is 13.4 Å². The van der Waals surface area contributed by atoms with Gasteiger partial charge in [-0.05, 0) is 62.5 Å². The summed E-state index contributed by atoms with van der Waals surface area (Å²) in [6, 6.07) is 10.5. The molecule has 1 aliphatic rings. The number of nitrogens with zero attached hydrogens (tertiary/aromatic N) is 3. The molecular weight excluding hydrogens is 366 g/mol. The lowest BCUT2D eigenvalue weighted by Gasteiger charge is -2.56. The summed E-state index contributed by atoms with van der Waals surface area (Å²) < 4.78 is 16.8. The molecule has 0 radical (unpaired) electrons. The van der Waals surface area contributed by atoms with Crippen molar-refractivity contribution in [3.05, 3.63) is 65.8 Å². The van der Waals surface area contributed by atoms with Crippen molar-refractivity contribution in [3.8, 4) is 0 Å². The summed E-state index contributed by atoms with van der Waals surface area (Å²) in [6.07, 6.45) is 5.57. The summed E-state index contributed by atoms with van der Waals surface area (Å²) in [4.78, 5) is 4.57. The lowest BCUT2D eigenvalue weighted by Crippen LogP contribution is -2.58. The van der Waals surface area contributed by atoms with Gasteiger partial charge in [0.1, 0.15) is 11.5 Å². The van der Waals surface area contributed by atoms with E-state index in [-0.39, 0.29) is 5.41 Å². The van der Waals surface area contributed by atoms with Crippen LogP contribution in [-0.4, -0.2) is 35.1 Å². The average Bonchev–Trinajstić information content (AvgIpc) is 3.41. The fraction of sp³-hybridized carbons (Fsp3) is 0.522. The van der Waals surface area contributed by atoms with Crippen LogP contribution < -0.4 is 0 Å². The number of furan rings is 2. The first-order valence-electron chi connectivity index (χ1n) is 10.3. The van der Waals surface area contributed by atoms with Gasteiger partial charge < -0.3 is 18.3 Å². The van der Waals surface area contributed by atoms with Crippen molar-refractivity contribution >= 4 is 0 Å². The van der Waals surface area contributed by atoms with Crippen LogP contribution in [0.5, 0.6) is 0 Å². The summed E-state index contributed by atoms with van der Waals surface area (Å²) in [7, 11) is 4.07. The Kier molecular flexibility index (Phi) is 5.65. The van der Waals surface area contributed by atoms with Crippen molar-refractivity contribution in [2.45, 2.75) is 52.4 Å². The van der Waals surface area contributed by atoms with Crippen LogP contribution in [0.1, 0.15) is 43.2 Å². The first kappa shape index (κ1) is 20.0. The van der Waals surface area contributed by atoms with Gasteiger partial charge in [0.2, 0.25) is 0 Å². The Morgan fingerprint density at radius 3 is 2.17 bits per heavy atom. The van der Waals surface area contributed by atoms with E-state index in [9.17, 15) is 0 Å². The quantitative estimate of drug-likeness (QED) is 0.527. The van der Waals surface area contributed by atoms with Gasteiger partial charge in [-0.2, -0.15) is 0 Å². The predicted molar refractivity (Wildman–Crippen MR) is 110 cm³/mol. The molecule has 0 aliphatic heterocycles. The van der Waals surface area contributed by atoms with E-state index in [1.165, 1.54) is 0 Å². The van der Waals surface area contributed by atoms with Crippen LogP contribution in [0, 0.1) is 11.3 Å². The molecule has 1 fully saturated rings. The van der Waals surface area contributed by atoms with Crippen LogP contribution in [0.3, 0.4) is 0 Å². The number of aromatic nitrogens is 1. The van der Waals surface area contributed by atoms with Gasteiger partial charge in [0.25, 0.3) is 0 Å². The molecule has 1 aliphatic carbocycles. The Labute approximate surface area is 172 Å². The zero-order chi connectivity index (χ0) is 20.4. The molecule has 4 rings (SSSR count). The van der Waals surface area contributed by atoms with Crippen molar-refractivity contribution in [1.29, 1.82) is 0 Å². The Morgan fingerprint density at radius 1 is 1.00 bits per heavy atom. The molecule has 0 N–H and O–H groups in total. The van der Waals surface area contributed by atoms with Crippen LogP contribution in [0.4, 0.5) is 0 Å². The van der Waals surface area contributed by atoms with E-state index in [1.54, 1.807) is 12.5 Å². The highest BCUT2D eigenvalue weighted by atomic mass is 16.5. The molecule has 3 aromatic heterocycles. The van der Waals surface area contributed by atoms with Crippen LogP contribution in [0.15, 0.2) is 56.2 Å². The number of rotatable bonds is 9. The highest BCUT2D eigenvalue weighted by molar-refractivity contribution is 5.13. The molecule has 6 nitrogen and oxygen atoms in total. The largest absolute Gasteiger partial charge is 0.468 e. The molecule has 1 saturated carbocycles. The standard InChI is InChI=1S/C23H31N3O3/c1-23(2)17(11-18-13-21(29-24-18)14-25(3)4)12-22(23)26(15-19-7-5-9-27-19)16-20-8-6-10-28-20/h5-10,13,17,22H,11-12,14-16H2,1-4H3.